The molecule has 7 heteroatoms. The lowest BCUT2D eigenvalue weighted by atomic mass is 10.1. The largest absolute Gasteiger partial charge is 0.493 e. The minimum atomic E-state index is -0.312. The summed E-state index contributed by atoms with van der Waals surface area (Å²) in [5.41, 5.74) is 4.08. The van der Waals surface area contributed by atoms with Crippen LogP contribution < -0.4 is 10.1 Å². The number of amides is 1. The van der Waals surface area contributed by atoms with Gasteiger partial charge in [-0.25, -0.2) is 9.97 Å². The quantitative estimate of drug-likeness (QED) is 0.409. The molecule has 6 nitrogen and oxygen atoms in total. The summed E-state index contributed by atoms with van der Waals surface area (Å²) in [5.74, 6) is 0.515. The Morgan fingerprint density at radius 2 is 2.03 bits per heavy atom. The van der Waals surface area contributed by atoms with Crippen molar-refractivity contribution in [1.82, 2.24) is 9.97 Å². The Kier molecular flexibility index (Phi) is 4.44. The van der Waals surface area contributed by atoms with Crippen LogP contribution >= 0.6 is 11.3 Å². The fourth-order valence-electron chi connectivity index (χ4n) is 3.32. The summed E-state index contributed by atoms with van der Waals surface area (Å²) in [5, 5.41) is 4.64. The van der Waals surface area contributed by atoms with E-state index in [-0.39, 0.29) is 11.7 Å². The minimum absolute atomic E-state index is 0.232. The molecule has 1 amide bonds. The third kappa shape index (κ3) is 3.19. The molecule has 0 aliphatic rings. The molecule has 5 rings (SSSR count). The Bertz CT molecular complexity index is 1370. The van der Waals surface area contributed by atoms with Crippen molar-refractivity contribution in [2.24, 2.45) is 0 Å². The Hall–Kier alpha value is -3.71. The average molecular weight is 415 g/mol. The van der Waals surface area contributed by atoms with Gasteiger partial charge in [0.1, 0.15) is 15.4 Å². The lowest BCUT2D eigenvalue weighted by Crippen LogP contribution is -2.11. The maximum atomic E-state index is 12.7. The fraction of sp³-hybridized carbons (Fsp3) is 0.0870. The lowest BCUT2D eigenvalue weighted by molar-refractivity contribution is 0.0998. The van der Waals surface area contributed by atoms with Crippen LogP contribution in [0.3, 0.4) is 0 Å². The number of aromatic nitrogens is 2. The smallest absolute Gasteiger partial charge is 0.291 e. The zero-order valence-electron chi connectivity index (χ0n) is 16.3. The van der Waals surface area contributed by atoms with Crippen LogP contribution in [0.2, 0.25) is 0 Å². The highest BCUT2D eigenvalue weighted by Crippen LogP contribution is 2.32. The molecule has 0 saturated heterocycles. The number of methoxy groups -OCH3 is 1. The van der Waals surface area contributed by atoms with Crippen molar-refractivity contribution in [1.29, 1.82) is 0 Å². The summed E-state index contributed by atoms with van der Waals surface area (Å²) in [6.45, 7) is 1.95. The number of thiazole rings is 1. The first-order valence-corrected chi connectivity index (χ1v) is 10.1. The molecule has 2 aromatic carbocycles. The number of furan rings is 1. The number of fused-ring (bicyclic) bond motifs is 2. The van der Waals surface area contributed by atoms with Crippen LogP contribution in [0.5, 0.6) is 5.75 Å². The molecular formula is C23H17N3O3S. The SMILES string of the molecule is COc1cccc2cc(C(=O)Nc3ccc(-c4nc5cccnc5s4)cc3C)oc12. The molecule has 0 aliphatic heterocycles. The normalized spacial score (nSPS) is 11.1. The van der Waals surface area contributed by atoms with Gasteiger partial charge in [-0.2, -0.15) is 0 Å². The van der Waals surface area contributed by atoms with Gasteiger partial charge in [-0.15, -0.1) is 0 Å². The van der Waals surface area contributed by atoms with E-state index in [1.54, 1.807) is 36.8 Å². The molecular weight excluding hydrogens is 398 g/mol. The molecule has 3 aromatic heterocycles. The van der Waals surface area contributed by atoms with Gasteiger partial charge < -0.3 is 14.5 Å². The number of rotatable bonds is 4. The van der Waals surface area contributed by atoms with E-state index in [1.165, 1.54) is 0 Å². The number of pyridine rings is 1. The number of benzene rings is 2. The molecule has 0 radical (unpaired) electrons. The minimum Gasteiger partial charge on any atom is -0.493 e. The van der Waals surface area contributed by atoms with Gasteiger partial charge in [-0.05, 0) is 55.0 Å². The Morgan fingerprint density at radius 3 is 2.83 bits per heavy atom. The highest BCUT2D eigenvalue weighted by Gasteiger charge is 2.16. The first-order chi connectivity index (χ1) is 14.6. The first kappa shape index (κ1) is 18.3. The van der Waals surface area contributed by atoms with Gasteiger partial charge in [0.05, 0.1) is 7.11 Å². The van der Waals surface area contributed by atoms with Crippen LogP contribution in [0.15, 0.2) is 65.2 Å². The second-order valence-corrected chi connectivity index (χ2v) is 7.80. The molecule has 0 aliphatic carbocycles. The standard InChI is InChI=1S/C23H17N3O3S/c1-13-11-15(22-26-17-6-4-10-24-23(17)30-22)8-9-16(13)25-21(27)19-12-14-5-3-7-18(28-2)20(14)29-19/h3-12H,1-2H3,(H,25,27). The summed E-state index contributed by atoms with van der Waals surface area (Å²) >= 11 is 1.55. The van der Waals surface area contributed by atoms with Crippen LogP contribution in [-0.4, -0.2) is 23.0 Å². The number of carbonyl (C=O) groups is 1. The predicted octanol–water partition coefficient (Wildman–Crippen LogP) is 5.67. The summed E-state index contributed by atoms with van der Waals surface area (Å²) < 4.78 is 11.0. The molecule has 0 bridgehead atoms. The first-order valence-electron chi connectivity index (χ1n) is 9.33. The average Bonchev–Trinajstić information content (AvgIpc) is 3.39. The van der Waals surface area contributed by atoms with E-state index in [0.29, 0.717) is 11.3 Å². The van der Waals surface area contributed by atoms with Gasteiger partial charge in [-0.3, -0.25) is 4.79 Å². The zero-order chi connectivity index (χ0) is 20.7. The van der Waals surface area contributed by atoms with Gasteiger partial charge in [-0.1, -0.05) is 23.5 Å². The Balaban J connectivity index is 1.41. The Morgan fingerprint density at radius 1 is 1.13 bits per heavy atom. The van der Waals surface area contributed by atoms with E-state index >= 15 is 0 Å². The zero-order valence-corrected chi connectivity index (χ0v) is 17.1. The predicted molar refractivity (Wildman–Crippen MR) is 118 cm³/mol. The number of ether oxygens (including phenoxy) is 1. The third-order valence-electron chi connectivity index (χ3n) is 4.84. The monoisotopic (exact) mass is 415 g/mol. The van der Waals surface area contributed by atoms with E-state index in [4.69, 9.17) is 9.15 Å². The maximum absolute atomic E-state index is 12.7. The van der Waals surface area contributed by atoms with Crippen molar-refractivity contribution in [3.63, 3.8) is 0 Å². The van der Waals surface area contributed by atoms with Crippen LogP contribution in [0.25, 0.3) is 31.9 Å². The number of hydrogen-bond acceptors (Lipinski definition) is 6. The van der Waals surface area contributed by atoms with E-state index in [2.05, 4.69) is 15.3 Å². The van der Waals surface area contributed by atoms with E-state index in [1.807, 2.05) is 49.4 Å². The molecule has 30 heavy (non-hydrogen) atoms. The van der Waals surface area contributed by atoms with Crippen molar-refractivity contribution in [2.75, 3.05) is 12.4 Å². The molecule has 1 N–H and O–H groups in total. The fourth-order valence-corrected chi connectivity index (χ4v) is 4.23. The summed E-state index contributed by atoms with van der Waals surface area (Å²) in [6, 6.07) is 16.9. The lowest BCUT2D eigenvalue weighted by Gasteiger charge is -2.08. The number of carbonyl (C=O) groups excluding carboxylic acids is 1. The number of para-hydroxylation sites is 1. The summed E-state index contributed by atoms with van der Waals surface area (Å²) in [7, 11) is 1.57. The van der Waals surface area contributed by atoms with Gasteiger partial charge >= 0.3 is 0 Å². The summed E-state index contributed by atoms with van der Waals surface area (Å²) in [6.07, 6.45) is 1.77. The highest BCUT2D eigenvalue weighted by atomic mass is 32.1. The topological polar surface area (TPSA) is 77.2 Å². The number of hydrogen-bond donors (Lipinski definition) is 1. The molecule has 148 valence electrons. The molecule has 0 fully saturated rings. The molecule has 5 aromatic rings. The highest BCUT2D eigenvalue weighted by molar-refractivity contribution is 7.21. The number of aryl methyl sites for hydroxylation is 1. The van der Waals surface area contributed by atoms with Crippen molar-refractivity contribution in [2.45, 2.75) is 6.92 Å². The number of anilines is 1. The van der Waals surface area contributed by atoms with Crippen LogP contribution in [0.4, 0.5) is 5.69 Å². The second-order valence-electron chi connectivity index (χ2n) is 6.82. The van der Waals surface area contributed by atoms with Crippen molar-refractivity contribution < 1.29 is 13.9 Å². The molecule has 0 unspecified atom stereocenters. The van der Waals surface area contributed by atoms with Gasteiger partial charge in [0.15, 0.2) is 17.1 Å². The number of nitrogens with zero attached hydrogens (tertiary/aromatic N) is 2. The molecule has 0 atom stereocenters. The summed E-state index contributed by atoms with van der Waals surface area (Å²) in [4.78, 5) is 22.6. The van der Waals surface area contributed by atoms with Crippen LogP contribution in [0, 0.1) is 6.92 Å². The second kappa shape index (κ2) is 7.27. The van der Waals surface area contributed by atoms with Crippen LogP contribution in [-0.2, 0) is 0 Å². The van der Waals surface area contributed by atoms with Gasteiger partial charge in [0.25, 0.3) is 5.91 Å². The van der Waals surface area contributed by atoms with Crippen LogP contribution in [0.1, 0.15) is 16.1 Å². The molecule has 3 heterocycles. The van der Waals surface area contributed by atoms with Crippen molar-refractivity contribution >= 4 is 44.2 Å². The van der Waals surface area contributed by atoms with Gasteiger partial charge in [0.2, 0.25) is 0 Å². The third-order valence-corrected chi connectivity index (χ3v) is 5.87. The van der Waals surface area contributed by atoms with E-state index in [0.717, 1.165) is 37.6 Å². The van der Waals surface area contributed by atoms with Gasteiger partial charge in [0, 0.05) is 22.8 Å². The van der Waals surface area contributed by atoms with Crippen molar-refractivity contribution in [3.8, 4) is 16.3 Å². The van der Waals surface area contributed by atoms with E-state index in [9.17, 15) is 4.79 Å². The maximum Gasteiger partial charge on any atom is 0.291 e. The molecule has 0 spiro atoms. The van der Waals surface area contributed by atoms with E-state index < -0.39 is 0 Å². The molecule has 0 saturated carbocycles. The van der Waals surface area contributed by atoms with Crippen molar-refractivity contribution in [3.05, 3.63) is 72.1 Å². The Labute approximate surface area is 176 Å². The number of nitrogens with one attached hydrogen (secondary N) is 1.